The molecule has 0 fully saturated rings. The van der Waals surface area contributed by atoms with Gasteiger partial charge in [0.25, 0.3) is 0 Å². The average molecular weight is 325 g/mol. The summed E-state index contributed by atoms with van der Waals surface area (Å²) in [5, 5.41) is 0.799. The van der Waals surface area contributed by atoms with Crippen LogP contribution in [0.25, 0.3) is 22.2 Å². The number of hydrogen-bond donors (Lipinski definition) is 1. The van der Waals surface area contributed by atoms with Gasteiger partial charge in [0.05, 0.1) is 12.5 Å². The molecule has 2 N–H and O–H groups in total. The number of rotatable bonds is 7. The van der Waals surface area contributed by atoms with Crippen molar-refractivity contribution in [3.8, 4) is 16.9 Å². The molecule has 0 spiro atoms. The Balaban J connectivity index is 2.04. The van der Waals surface area contributed by atoms with Crippen LogP contribution >= 0.6 is 0 Å². The fourth-order valence-corrected chi connectivity index (χ4v) is 2.95. The molecule has 5 heteroatoms. The summed E-state index contributed by atoms with van der Waals surface area (Å²) in [6, 6.07) is 7.92. The molecule has 0 aliphatic heterocycles. The zero-order valence-electron chi connectivity index (χ0n) is 14.2. The van der Waals surface area contributed by atoms with Gasteiger partial charge in [-0.2, -0.15) is 0 Å². The van der Waals surface area contributed by atoms with Crippen LogP contribution in [0.4, 0.5) is 5.82 Å². The number of methoxy groups -OCH3 is 1. The largest absolute Gasteiger partial charge is 0.497 e. The highest BCUT2D eigenvalue weighted by Gasteiger charge is 2.19. The van der Waals surface area contributed by atoms with Crippen molar-refractivity contribution >= 4 is 16.9 Å². The van der Waals surface area contributed by atoms with Gasteiger partial charge in [0.1, 0.15) is 23.7 Å². The fourth-order valence-electron chi connectivity index (χ4n) is 2.95. The van der Waals surface area contributed by atoms with Gasteiger partial charge in [0, 0.05) is 12.0 Å². The fraction of sp³-hybridized carbons (Fsp3) is 0.368. The van der Waals surface area contributed by atoms with E-state index in [1.54, 1.807) is 7.11 Å². The molecular formula is C19H23N3O2. The number of aromatic nitrogens is 2. The van der Waals surface area contributed by atoms with E-state index in [0.29, 0.717) is 11.5 Å². The first-order chi connectivity index (χ1) is 11.7. The van der Waals surface area contributed by atoms with E-state index in [0.717, 1.165) is 40.9 Å². The normalized spacial score (nSPS) is 11.1. The third-order valence-electron chi connectivity index (χ3n) is 4.23. The monoisotopic (exact) mass is 325 g/mol. The molecule has 2 heterocycles. The minimum Gasteiger partial charge on any atom is -0.497 e. The average Bonchev–Trinajstić information content (AvgIpc) is 2.98. The molecule has 0 aliphatic carbocycles. The van der Waals surface area contributed by atoms with E-state index in [1.807, 2.05) is 24.3 Å². The molecule has 0 atom stereocenters. The lowest BCUT2D eigenvalue weighted by atomic mass is 10.00. The van der Waals surface area contributed by atoms with Crippen LogP contribution in [0.1, 0.15) is 38.4 Å². The van der Waals surface area contributed by atoms with Crippen LogP contribution in [-0.4, -0.2) is 17.1 Å². The first-order valence-electron chi connectivity index (χ1n) is 8.40. The lowest BCUT2D eigenvalue weighted by molar-refractivity contribution is 0.415. The summed E-state index contributed by atoms with van der Waals surface area (Å²) in [5.74, 6) is 2.20. The van der Waals surface area contributed by atoms with Crippen molar-refractivity contribution in [2.75, 3.05) is 12.8 Å². The van der Waals surface area contributed by atoms with Gasteiger partial charge in [-0.25, -0.2) is 9.97 Å². The standard InChI is InChI=1S/C19H23N3O2/c1-3-4-5-6-7-15-16(13-8-10-14(23-2)11-9-13)17-18(20)21-12-22-19(17)24-15/h8-12H,3-7H2,1-2H3,(H2,20,21,22). The molecule has 0 saturated carbocycles. The van der Waals surface area contributed by atoms with E-state index in [4.69, 9.17) is 14.9 Å². The van der Waals surface area contributed by atoms with Crippen molar-refractivity contribution in [2.24, 2.45) is 0 Å². The van der Waals surface area contributed by atoms with Gasteiger partial charge in [-0.15, -0.1) is 0 Å². The van der Waals surface area contributed by atoms with Crippen LogP contribution in [-0.2, 0) is 6.42 Å². The van der Waals surface area contributed by atoms with Gasteiger partial charge < -0.3 is 14.9 Å². The Morgan fingerprint density at radius 3 is 2.58 bits per heavy atom. The van der Waals surface area contributed by atoms with E-state index in [-0.39, 0.29) is 0 Å². The van der Waals surface area contributed by atoms with Crippen molar-refractivity contribution in [1.82, 2.24) is 9.97 Å². The number of hydrogen-bond acceptors (Lipinski definition) is 5. The van der Waals surface area contributed by atoms with Crippen LogP contribution in [0.3, 0.4) is 0 Å². The maximum atomic E-state index is 6.10. The Hall–Kier alpha value is -2.56. The van der Waals surface area contributed by atoms with Gasteiger partial charge in [-0.05, 0) is 24.1 Å². The summed E-state index contributed by atoms with van der Waals surface area (Å²) in [4.78, 5) is 8.38. The Morgan fingerprint density at radius 1 is 1.08 bits per heavy atom. The second-order valence-corrected chi connectivity index (χ2v) is 5.88. The third kappa shape index (κ3) is 3.20. The summed E-state index contributed by atoms with van der Waals surface area (Å²) in [6.07, 6.45) is 7.04. The quantitative estimate of drug-likeness (QED) is 0.642. The molecule has 126 valence electrons. The molecule has 1 aromatic carbocycles. The van der Waals surface area contributed by atoms with Crippen molar-refractivity contribution in [2.45, 2.75) is 39.0 Å². The van der Waals surface area contributed by atoms with Gasteiger partial charge in [-0.1, -0.05) is 38.3 Å². The molecule has 5 nitrogen and oxygen atoms in total. The van der Waals surface area contributed by atoms with E-state index in [9.17, 15) is 0 Å². The van der Waals surface area contributed by atoms with Gasteiger partial charge >= 0.3 is 0 Å². The number of fused-ring (bicyclic) bond motifs is 1. The number of unbranched alkanes of at least 4 members (excludes halogenated alkanes) is 3. The number of nitrogens with two attached hydrogens (primary N) is 1. The predicted octanol–water partition coefficient (Wildman–Crippen LogP) is 4.60. The van der Waals surface area contributed by atoms with Crippen molar-refractivity contribution in [1.29, 1.82) is 0 Å². The maximum absolute atomic E-state index is 6.10. The first kappa shape index (κ1) is 16.3. The zero-order valence-corrected chi connectivity index (χ0v) is 14.2. The molecule has 0 amide bonds. The topological polar surface area (TPSA) is 74.2 Å². The molecule has 0 bridgehead atoms. The van der Waals surface area contributed by atoms with Gasteiger partial charge in [0.2, 0.25) is 5.71 Å². The second-order valence-electron chi connectivity index (χ2n) is 5.88. The summed E-state index contributed by atoms with van der Waals surface area (Å²) in [7, 11) is 1.66. The number of furan rings is 1. The number of benzene rings is 1. The van der Waals surface area contributed by atoms with E-state index in [2.05, 4.69) is 16.9 Å². The summed E-state index contributed by atoms with van der Waals surface area (Å²) >= 11 is 0. The minimum atomic E-state index is 0.453. The smallest absolute Gasteiger partial charge is 0.232 e. The highest BCUT2D eigenvalue weighted by Crippen LogP contribution is 2.37. The minimum absolute atomic E-state index is 0.453. The number of anilines is 1. The maximum Gasteiger partial charge on any atom is 0.232 e. The first-order valence-corrected chi connectivity index (χ1v) is 8.40. The molecule has 0 radical (unpaired) electrons. The molecule has 3 rings (SSSR count). The predicted molar refractivity (Wildman–Crippen MR) is 96.1 cm³/mol. The number of nitrogen functional groups attached to an aromatic ring is 1. The van der Waals surface area contributed by atoms with Crippen LogP contribution in [0.5, 0.6) is 5.75 Å². The third-order valence-corrected chi connectivity index (χ3v) is 4.23. The molecule has 0 aliphatic rings. The number of ether oxygens (including phenoxy) is 1. The summed E-state index contributed by atoms with van der Waals surface area (Å²) in [5.41, 5.74) is 8.70. The van der Waals surface area contributed by atoms with Crippen LogP contribution in [0, 0.1) is 0 Å². The highest BCUT2D eigenvalue weighted by molar-refractivity contribution is 6.00. The van der Waals surface area contributed by atoms with Crippen molar-refractivity contribution < 1.29 is 9.15 Å². The molecule has 0 saturated heterocycles. The van der Waals surface area contributed by atoms with Crippen LogP contribution in [0.15, 0.2) is 35.0 Å². The highest BCUT2D eigenvalue weighted by atomic mass is 16.5. The summed E-state index contributed by atoms with van der Waals surface area (Å²) in [6.45, 7) is 2.21. The van der Waals surface area contributed by atoms with Gasteiger partial charge in [0.15, 0.2) is 0 Å². The lowest BCUT2D eigenvalue weighted by Gasteiger charge is -2.06. The molecule has 3 aromatic rings. The van der Waals surface area contributed by atoms with Crippen molar-refractivity contribution in [3.63, 3.8) is 0 Å². The van der Waals surface area contributed by atoms with E-state index < -0.39 is 0 Å². The Kier molecular flexibility index (Phi) is 4.99. The second kappa shape index (κ2) is 7.34. The number of nitrogens with zero attached hydrogens (tertiary/aromatic N) is 2. The Bertz CT molecular complexity index is 809. The molecule has 24 heavy (non-hydrogen) atoms. The zero-order chi connectivity index (χ0) is 16.9. The number of aryl methyl sites for hydroxylation is 1. The lowest BCUT2D eigenvalue weighted by Crippen LogP contribution is -1.93. The van der Waals surface area contributed by atoms with Crippen LogP contribution < -0.4 is 10.5 Å². The summed E-state index contributed by atoms with van der Waals surface area (Å²) < 4.78 is 11.3. The SMILES string of the molecule is CCCCCCc1oc2ncnc(N)c2c1-c1ccc(OC)cc1. The van der Waals surface area contributed by atoms with E-state index in [1.165, 1.54) is 25.6 Å². The molecule has 2 aromatic heterocycles. The van der Waals surface area contributed by atoms with Gasteiger partial charge in [-0.3, -0.25) is 0 Å². The van der Waals surface area contributed by atoms with E-state index >= 15 is 0 Å². The van der Waals surface area contributed by atoms with Crippen LogP contribution in [0.2, 0.25) is 0 Å². The van der Waals surface area contributed by atoms with Crippen molar-refractivity contribution in [3.05, 3.63) is 36.4 Å². The Labute approximate surface area is 141 Å². The molecular weight excluding hydrogens is 302 g/mol. The Morgan fingerprint density at radius 2 is 1.88 bits per heavy atom. The molecule has 0 unspecified atom stereocenters.